The summed E-state index contributed by atoms with van der Waals surface area (Å²) >= 11 is 0. The Kier molecular flexibility index (Phi) is 4.39. The first-order valence-corrected chi connectivity index (χ1v) is 9.30. The average Bonchev–Trinajstić information content (AvgIpc) is 2.99. The van der Waals surface area contributed by atoms with Gasteiger partial charge in [0.2, 0.25) is 5.91 Å². The van der Waals surface area contributed by atoms with Crippen molar-refractivity contribution in [1.82, 2.24) is 20.2 Å². The van der Waals surface area contributed by atoms with Crippen molar-refractivity contribution in [3.63, 3.8) is 0 Å². The maximum absolute atomic E-state index is 11.9. The summed E-state index contributed by atoms with van der Waals surface area (Å²) in [5.41, 5.74) is 2.50. The summed E-state index contributed by atoms with van der Waals surface area (Å²) in [5, 5.41) is 3.41. The summed E-state index contributed by atoms with van der Waals surface area (Å²) < 4.78 is 0. The van der Waals surface area contributed by atoms with Crippen molar-refractivity contribution in [1.29, 1.82) is 0 Å². The Balaban J connectivity index is 1.52. The van der Waals surface area contributed by atoms with E-state index in [0.29, 0.717) is 11.8 Å². The highest BCUT2D eigenvalue weighted by atomic mass is 16.2. The highest BCUT2D eigenvalue weighted by Gasteiger charge is 2.29. The van der Waals surface area contributed by atoms with E-state index in [1.807, 2.05) is 6.92 Å². The van der Waals surface area contributed by atoms with Crippen LogP contribution in [0.2, 0.25) is 0 Å². The fourth-order valence-corrected chi connectivity index (χ4v) is 4.34. The third-order valence-corrected chi connectivity index (χ3v) is 5.50. The van der Waals surface area contributed by atoms with Crippen LogP contribution >= 0.6 is 0 Å². The fraction of sp³-hybridized carbons (Fsp3) is 0.722. The van der Waals surface area contributed by atoms with Crippen LogP contribution in [-0.2, 0) is 17.8 Å². The zero-order valence-electron chi connectivity index (χ0n) is 14.6. The fourth-order valence-electron chi connectivity index (χ4n) is 4.34. The van der Waals surface area contributed by atoms with E-state index in [4.69, 9.17) is 4.98 Å². The van der Waals surface area contributed by atoms with Crippen LogP contribution in [0.15, 0.2) is 0 Å². The Hall–Kier alpha value is -1.69. The molecule has 2 fully saturated rings. The van der Waals surface area contributed by atoms with Crippen molar-refractivity contribution < 1.29 is 4.79 Å². The number of piperidine rings is 1. The van der Waals surface area contributed by atoms with Crippen molar-refractivity contribution in [3.05, 3.63) is 17.1 Å². The molecule has 4 heterocycles. The van der Waals surface area contributed by atoms with Crippen LogP contribution in [0.5, 0.6) is 0 Å². The Bertz CT molecular complexity index is 632. The van der Waals surface area contributed by atoms with Gasteiger partial charge in [-0.3, -0.25) is 4.79 Å². The smallest absolute Gasteiger partial charge is 0.222 e. The van der Waals surface area contributed by atoms with Gasteiger partial charge in [0, 0.05) is 44.7 Å². The third-order valence-electron chi connectivity index (χ3n) is 5.50. The maximum Gasteiger partial charge on any atom is 0.222 e. The van der Waals surface area contributed by atoms with E-state index in [9.17, 15) is 4.79 Å². The number of amides is 1. The number of carbonyl (C=O) groups excluding carboxylic acids is 1. The van der Waals surface area contributed by atoms with Crippen LogP contribution in [0, 0.1) is 12.8 Å². The van der Waals surface area contributed by atoms with Gasteiger partial charge < -0.3 is 15.1 Å². The highest BCUT2D eigenvalue weighted by Crippen LogP contribution is 2.29. The number of hydrogen-bond donors (Lipinski definition) is 1. The molecule has 130 valence electrons. The molecule has 1 amide bonds. The van der Waals surface area contributed by atoms with Gasteiger partial charge in [-0.2, -0.15) is 0 Å². The van der Waals surface area contributed by atoms with Crippen LogP contribution in [0.25, 0.3) is 0 Å². The quantitative estimate of drug-likeness (QED) is 0.905. The van der Waals surface area contributed by atoms with E-state index in [-0.39, 0.29) is 0 Å². The molecule has 0 saturated carbocycles. The van der Waals surface area contributed by atoms with Gasteiger partial charge in [-0.15, -0.1) is 0 Å². The maximum atomic E-state index is 11.9. The van der Waals surface area contributed by atoms with Gasteiger partial charge in [0.15, 0.2) is 0 Å². The molecule has 0 aliphatic carbocycles. The van der Waals surface area contributed by atoms with E-state index in [0.717, 1.165) is 70.2 Å². The second kappa shape index (κ2) is 6.67. The topological polar surface area (TPSA) is 61.4 Å². The molecule has 3 aliphatic rings. The van der Waals surface area contributed by atoms with E-state index < -0.39 is 0 Å². The van der Waals surface area contributed by atoms with E-state index >= 15 is 0 Å². The summed E-state index contributed by atoms with van der Waals surface area (Å²) in [6.45, 7) is 7.80. The second-order valence-corrected chi connectivity index (χ2v) is 7.34. The van der Waals surface area contributed by atoms with Crippen molar-refractivity contribution in [2.45, 2.75) is 45.6 Å². The van der Waals surface area contributed by atoms with Crippen molar-refractivity contribution >= 4 is 11.7 Å². The second-order valence-electron chi connectivity index (χ2n) is 7.34. The highest BCUT2D eigenvalue weighted by molar-refractivity contribution is 5.78. The molecule has 1 atom stereocenters. The van der Waals surface area contributed by atoms with Crippen LogP contribution in [0.4, 0.5) is 5.82 Å². The molecule has 1 unspecified atom stereocenters. The van der Waals surface area contributed by atoms with Gasteiger partial charge in [0.1, 0.15) is 11.6 Å². The number of aromatic nitrogens is 2. The van der Waals surface area contributed by atoms with Gasteiger partial charge in [0.25, 0.3) is 0 Å². The van der Waals surface area contributed by atoms with Gasteiger partial charge in [0.05, 0.1) is 5.69 Å². The molecule has 1 N–H and O–H groups in total. The number of carbonyl (C=O) groups is 1. The lowest BCUT2D eigenvalue weighted by Gasteiger charge is -2.37. The van der Waals surface area contributed by atoms with Gasteiger partial charge >= 0.3 is 0 Å². The number of hydrogen-bond acceptors (Lipinski definition) is 5. The summed E-state index contributed by atoms with van der Waals surface area (Å²) in [6.07, 6.45) is 5.18. The molecule has 6 nitrogen and oxygen atoms in total. The third kappa shape index (κ3) is 3.11. The minimum atomic E-state index is 0.341. The standard InChI is InChI=1S/C18H27N5O/c1-13-20-16-10-19-7-6-15(16)18(21-13)23-9-2-4-14(12-23)11-22-8-3-5-17(22)24/h14,19H,2-12H2,1H3. The molecule has 6 heteroatoms. The van der Waals surface area contributed by atoms with Crippen molar-refractivity contribution in [2.75, 3.05) is 37.6 Å². The van der Waals surface area contributed by atoms with Gasteiger partial charge in [-0.25, -0.2) is 9.97 Å². The molecule has 0 aromatic carbocycles. The lowest BCUT2D eigenvalue weighted by molar-refractivity contribution is -0.128. The zero-order chi connectivity index (χ0) is 16.5. The van der Waals surface area contributed by atoms with Crippen LogP contribution in [0.3, 0.4) is 0 Å². The summed E-state index contributed by atoms with van der Waals surface area (Å²) in [5.74, 6) is 2.92. The minimum Gasteiger partial charge on any atom is -0.356 e. The Morgan fingerprint density at radius 3 is 2.96 bits per heavy atom. The molecule has 0 radical (unpaired) electrons. The molecule has 4 rings (SSSR count). The number of aryl methyl sites for hydroxylation is 1. The first kappa shape index (κ1) is 15.8. The van der Waals surface area contributed by atoms with E-state index in [1.165, 1.54) is 24.1 Å². The van der Waals surface area contributed by atoms with Gasteiger partial charge in [-0.1, -0.05) is 0 Å². The molecular formula is C18H27N5O. The molecule has 1 aromatic heterocycles. The monoisotopic (exact) mass is 329 g/mol. The molecule has 0 spiro atoms. The Morgan fingerprint density at radius 1 is 1.21 bits per heavy atom. The molecule has 0 bridgehead atoms. The largest absolute Gasteiger partial charge is 0.356 e. The molecule has 2 saturated heterocycles. The Labute approximate surface area is 143 Å². The first-order chi connectivity index (χ1) is 11.7. The van der Waals surface area contributed by atoms with Crippen molar-refractivity contribution in [3.8, 4) is 0 Å². The molecular weight excluding hydrogens is 302 g/mol. The van der Waals surface area contributed by atoms with Crippen LogP contribution < -0.4 is 10.2 Å². The van der Waals surface area contributed by atoms with Crippen LogP contribution in [0.1, 0.15) is 42.8 Å². The number of nitrogens with one attached hydrogen (secondary N) is 1. The Morgan fingerprint density at radius 2 is 2.12 bits per heavy atom. The molecule has 3 aliphatic heterocycles. The zero-order valence-corrected chi connectivity index (χ0v) is 14.6. The van der Waals surface area contributed by atoms with Gasteiger partial charge in [-0.05, 0) is 45.1 Å². The SMILES string of the molecule is Cc1nc2c(c(N3CCCC(CN4CCCC4=O)C3)n1)CCNC2. The minimum absolute atomic E-state index is 0.341. The number of nitrogens with zero attached hydrogens (tertiary/aromatic N) is 4. The predicted octanol–water partition coefficient (Wildman–Crippen LogP) is 1.27. The number of anilines is 1. The lowest BCUT2D eigenvalue weighted by Crippen LogP contribution is -2.42. The summed E-state index contributed by atoms with van der Waals surface area (Å²) in [7, 11) is 0. The number of likely N-dealkylation sites (tertiary alicyclic amines) is 1. The van der Waals surface area contributed by atoms with Crippen LogP contribution in [-0.4, -0.2) is 53.5 Å². The van der Waals surface area contributed by atoms with E-state index in [1.54, 1.807) is 0 Å². The predicted molar refractivity (Wildman–Crippen MR) is 92.9 cm³/mol. The number of rotatable bonds is 3. The first-order valence-electron chi connectivity index (χ1n) is 9.30. The number of fused-ring (bicyclic) bond motifs is 1. The summed E-state index contributed by atoms with van der Waals surface area (Å²) in [4.78, 5) is 25.9. The molecule has 24 heavy (non-hydrogen) atoms. The van der Waals surface area contributed by atoms with E-state index in [2.05, 4.69) is 20.1 Å². The lowest BCUT2D eigenvalue weighted by atomic mass is 9.96. The average molecular weight is 329 g/mol. The van der Waals surface area contributed by atoms with Crippen molar-refractivity contribution in [2.24, 2.45) is 5.92 Å². The molecule has 1 aromatic rings. The normalized spacial score (nSPS) is 24.4. The summed E-state index contributed by atoms with van der Waals surface area (Å²) in [6, 6.07) is 0.